The molecule has 2 heteroatoms. The summed E-state index contributed by atoms with van der Waals surface area (Å²) in [5.41, 5.74) is 2.50. The Hall–Kier alpha value is -0.760. The molecule has 0 saturated heterocycles. The molecule has 2 nitrogen and oxygen atoms in total. The van der Waals surface area contributed by atoms with Crippen molar-refractivity contribution in [1.82, 2.24) is 4.57 Å². The summed E-state index contributed by atoms with van der Waals surface area (Å²) in [6.07, 6.45) is 5.06. The summed E-state index contributed by atoms with van der Waals surface area (Å²) in [7, 11) is 0. The Morgan fingerprint density at radius 1 is 1.67 bits per heavy atom. The molecule has 2 rings (SSSR count). The molecule has 1 atom stereocenters. The van der Waals surface area contributed by atoms with Gasteiger partial charge >= 0.3 is 0 Å². The van der Waals surface area contributed by atoms with Gasteiger partial charge < -0.3 is 9.67 Å². The van der Waals surface area contributed by atoms with Crippen LogP contribution in [-0.4, -0.2) is 9.67 Å². The van der Waals surface area contributed by atoms with Gasteiger partial charge in [-0.3, -0.25) is 0 Å². The highest BCUT2D eigenvalue weighted by molar-refractivity contribution is 5.27. The lowest BCUT2D eigenvalue weighted by Gasteiger charge is -2.19. The van der Waals surface area contributed by atoms with E-state index in [1.807, 2.05) is 0 Å². The van der Waals surface area contributed by atoms with Crippen LogP contribution in [0.25, 0.3) is 0 Å². The minimum absolute atomic E-state index is 0.207. The molecule has 0 fully saturated rings. The topological polar surface area (TPSA) is 25.2 Å². The normalized spacial score (nSPS) is 22.3. The molecular weight excluding hydrogens is 150 g/mol. The second kappa shape index (κ2) is 2.94. The number of aromatic nitrogens is 1. The summed E-state index contributed by atoms with van der Waals surface area (Å²) >= 11 is 0. The highest BCUT2D eigenvalue weighted by atomic mass is 16.3. The minimum Gasteiger partial charge on any atom is -0.388 e. The zero-order valence-electron chi connectivity index (χ0n) is 7.45. The van der Waals surface area contributed by atoms with E-state index in [1.165, 1.54) is 5.69 Å². The van der Waals surface area contributed by atoms with Gasteiger partial charge in [0.25, 0.3) is 0 Å². The van der Waals surface area contributed by atoms with Gasteiger partial charge in [-0.2, -0.15) is 0 Å². The Bertz CT molecular complexity index is 277. The fourth-order valence-electron chi connectivity index (χ4n) is 2.03. The molecule has 0 spiro atoms. The second-order valence-electron chi connectivity index (χ2n) is 3.41. The average molecular weight is 165 g/mol. The third-order valence-corrected chi connectivity index (χ3v) is 2.70. The summed E-state index contributed by atoms with van der Waals surface area (Å²) in [5.74, 6) is 0. The van der Waals surface area contributed by atoms with Crippen LogP contribution in [0.3, 0.4) is 0 Å². The van der Waals surface area contributed by atoms with E-state index in [9.17, 15) is 5.11 Å². The van der Waals surface area contributed by atoms with Crippen LogP contribution in [0.5, 0.6) is 0 Å². The van der Waals surface area contributed by atoms with Crippen LogP contribution in [0.2, 0.25) is 0 Å². The molecule has 1 aliphatic rings. The van der Waals surface area contributed by atoms with Crippen molar-refractivity contribution in [2.24, 2.45) is 0 Å². The van der Waals surface area contributed by atoms with Crippen LogP contribution in [0, 0.1) is 0 Å². The van der Waals surface area contributed by atoms with E-state index in [4.69, 9.17) is 0 Å². The van der Waals surface area contributed by atoms with E-state index in [0.29, 0.717) is 0 Å². The summed E-state index contributed by atoms with van der Waals surface area (Å²) in [5, 5.41) is 9.66. The summed E-state index contributed by atoms with van der Waals surface area (Å²) in [6.45, 7) is 3.16. The number of aliphatic hydroxyl groups excluding tert-OH is 1. The molecule has 0 bridgehead atoms. The van der Waals surface area contributed by atoms with Crippen molar-refractivity contribution in [3.63, 3.8) is 0 Å². The maximum Gasteiger partial charge on any atom is 0.0807 e. The molecule has 0 aliphatic heterocycles. The van der Waals surface area contributed by atoms with Gasteiger partial charge in [0, 0.05) is 24.0 Å². The van der Waals surface area contributed by atoms with E-state index in [2.05, 4.69) is 23.8 Å². The number of hydrogen-bond acceptors (Lipinski definition) is 1. The smallest absolute Gasteiger partial charge is 0.0807 e. The number of aryl methyl sites for hydroxylation is 1. The molecule has 66 valence electrons. The lowest BCUT2D eigenvalue weighted by Crippen LogP contribution is -2.11. The third-order valence-electron chi connectivity index (χ3n) is 2.70. The molecule has 0 amide bonds. The fraction of sp³-hybridized carbons (Fsp3) is 0.600. The van der Waals surface area contributed by atoms with Crippen LogP contribution in [0.4, 0.5) is 0 Å². The Kier molecular flexibility index (Phi) is 1.93. The second-order valence-corrected chi connectivity index (χ2v) is 3.41. The molecule has 1 N–H and O–H groups in total. The minimum atomic E-state index is -0.207. The predicted octanol–water partition coefficient (Wildman–Crippen LogP) is 1.88. The van der Waals surface area contributed by atoms with Crippen LogP contribution < -0.4 is 0 Å². The van der Waals surface area contributed by atoms with Crippen molar-refractivity contribution >= 4 is 0 Å². The van der Waals surface area contributed by atoms with Crippen molar-refractivity contribution in [2.75, 3.05) is 0 Å². The van der Waals surface area contributed by atoms with Crippen LogP contribution in [0.15, 0.2) is 12.3 Å². The van der Waals surface area contributed by atoms with Crippen molar-refractivity contribution in [3.05, 3.63) is 23.5 Å². The van der Waals surface area contributed by atoms with E-state index in [-0.39, 0.29) is 6.10 Å². The molecule has 0 saturated carbocycles. The zero-order chi connectivity index (χ0) is 8.55. The highest BCUT2D eigenvalue weighted by Crippen LogP contribution is 2.29. The fourth-order valence-corrected chi connectivity index (χ4v) is 2.03. The van der Waals surface area contributed by atoms with Crippen molar-refractivity contribution in [3.8, 4) is 0 Å². The molecule has 12 heavy (non-hydrogen) atoms. The number of fused-ring (bicyclic) bond motifs is 1. The molecule has 1 aromatic heterocycles. The maximum atomic E-state index is 9.66. The number of nitrogens with zero attached hydrogens (tertiary/aromatic N) is 1. The first-order valence-electron chi connectivity index (χ1n) is 4.69. The maximum absolute atomic E-state index is 9.66. The van der Waals surface area contributed by atoms with Gasteiger partial charge in [-0.25, -0.2) is 0 Å². The Morgan fingerprint density at radius 3 is 3.25 bits per heavy atom. The van der Waals surface area contributed by atoms with Gasteiger partial charge in [0.1, 0.15) is 0 Å². The van der Waals surface area contributed by atoms with Gasteiger partial charge in [0.15, 0.2) is 0 Å². The van der Waals surface area contributed by atoms with E-state index in [0.717, 1.165) is 31.4 Å². The zero-order valence-corrected chi connectivity index (χ0v) is 7.45. The summed E-state index contributed by atoms with van der Waals surface area (Å²) < 4.78 is 2.23. The Morgan fingerprint density at radius 2 is 2.50 bits per heavy atom. The quantitative estimate of drug-likeness (QED) is 0.675. The van der Waals surface area contributed by atoms with Crippen LogP contribution in [0.1, 0.15) is 37.1 Å². The monoisotopic (exact) mass is 165 g/mol. The predicted molar refractivity (Wildman–Crippen MR) is 48.0 cm³/mol. The molecule has 1 heterocycles. The number of aliphatic hydroxyl groups is 1. The molecule has 0 aromatic carbocycles. The van der Waals surface area contributed by atoms with E-state index in [1.54, 1.807) is 0 Å². The van der Waals surface area contributed by atoms with Crippen molar-refractivity contribution in [2.45, 2.75) is 38.8 Å². The lowest BCUT2D eigenvalue weighted by atomic mass is 9.95. The van der Waals surface area contributed by atoms with Crippen molar-refractivity contribution < 1.29 is 5.11 Å². The Balaban J connectivity index is 2.41. The largest absolute Gasteiger partial charge is 0.388 e. The van der Waals surface area contributed by atoms with E-state index >= 15 is 0 Å². The number of hydrogen-bond donors (Lipinski definition) is 1. The first kappa shape index (κ1) is 7.87. The van der Waals surface area contributed by atoms with Crippen LogP contribution in [-0.2, 0) is 13.0 Å². The molecular formula is C10H15NO. The van der Waals surface area contributed by atoms with Gasteiger partial charge in [-0.05, 0) is 32.3 Å². The average Bonchev–Trinajstić information content (AvgIpc) is 2.49. The highest BCUT2D eigenvalue weighted by Gasteiger charge is 2.20. The summed E-state index contributed by atoms with van der Waals surface area (Å²) in [6, 6.07) is 2.06. The molecule has 1 aromatic rings. The SMILES string of the molecule is CCn1ccc2c1CCCC2O. The van der Waals surface area contributed by atoms with Gasteiger partial charge in [0.2, 0.25) is 0 Å². The first-order chi connectivity index (χ1) is 5.83. The molecule has 1 unspecified atom stereocenters. The van der Waals surface area contributed by atoms with Gasteiger partial charge in [0.05, 0.1) is 6.10 Å². The van der Waals surface area contributed by atoms with Gasteiger partial charge in [-0.1, -0.05) is 0 Å². The van der Waals surface area contributed by atoms with Crippen molar-refractivity contribution in [1.29, 1.82) is 0 Å². The third kappa shape index (κ3) is 1.07. The van der Waals surface area contributed by atoms with Gasteiger partial charge in [-0.15, -0.1) is 0 Å². The van der Waals surface area contributed by atoms with E-state index < -0.39 is 0 Å². The van der Waals surface area contributed by atoms with Crippen LogP contribution >= 0.6 is 0 Å². The standard InChI is InChI=1S/C10H15NO/c1-2-11-7-6-8-9(11)4-3-5-10(8)12/h6-7,10,12H,2-5H2,1H3. The first-order valence-corrected chi connectivity index (χ1v) is 4.69. The summed E-state index contributed by atoms with van der Waals surface area (Å²) in [4.78, 5) is 0. The Labute approximate surface area is 72.8 Å². The molecule has 0 radical (unpaired) electrons. The number of rotatable bonds is 1. The molecule has 1 aliphatic carbocycles. The lowest BCUT2D eigenvalue weighted by molar-refractivity contribution is 0.155.